The van der Waals surface area contributed by atoms with Crippen LogP contribution in [0, 0.1) is 12.8 Å². The zero-order valence-electron chi connectivity index (χ0n) is 21.5. The summed E-state index contributed by atoms with van der Waals surface area (Å²) < 4.78 is 43.2. The minimum atomic E-state index is -4.23. The summed E-state index contributed by atoms with van der Waals surface area (Å²) in [5.41, 5.74) is 0.976. The largest absolute Gasteiger partial charge is 0.461 e. The van der Waals surface area contributed by atoms with Crippen molar-refractivity contribution in [1.29, 1.82) is 0 Å². The lowest BCUT2D eigenvalue weighted by Gasteiger charge is -2.34. The van der Waals surface area contributed by atoms with E-state index in [1.807, 2.05) is 37.3 Å². The maximum Gasteiger partial charge on any atom is 0.410 e. The molecule has 1 fully saturated rings. The average Bonchev–Trinajstić information content (AvgIpc) is 3.30. The number of ether oxygens (including phenoxy) is 2. The Balaban J connectivity index is 1.87. The molecule has 196 valence electrons. The zero-order valence-corrected chi connectivity index (χ0v) is 22.3. The minimum Gasteiger partial charge on any atom is -0.461 e. The van der Waals surface area contributed by atoms with Crippen molar-refractivity contribution in [2.45, 2.75) is 76.7 Å². The summed E-state index contributed by atoms with van der Waals surface area (Å²) >= 11 is 0. The first kappa shape index (κ1) is 27.7. The van der Waals surface area contributed by atoms with E-state index >= 15 is 0 Å². The molecule has 1 saturated heterocycles. The van der Waals surface area contributed by atoms with Crippen LogP contribution in [0.3, 0.4) is 0 Å². The Morgan fingerprint density at radius 3 is 2.31 bits per heavy atom. The maximum absolute atomic E-state index is 13.2. The molecule has 1 aliphatic heterocycles. The van der Waals surface area contributed by atoms with Gasteiger partial charge in [-0.1, -0.05) is 48.0 Å². The van der Waals surface area contributed by atoms with Crippen LogP contribution in [0.5, 0.6) is 0 Å². The normalized spacial score (nSPS) is 17.9. The summed E-state index contributed by atoms with van der Waals surface area (Å²) in [6, 6.07) is 14.8. The van der Waals surface area contributed by atoms with Gasteiger partial charge in [0, 0.05) is 6.54 Å². The fraction of sp³-hybridized carbons (Fsp3) is 0.481. The number of hydrogen-bond donors (Lipinski definition) is 0. The lowest BCUT2D eigenvalue weighted by atomic mass is 9.96. The van der Waals surface area contributed by atoms with E-state index in [9.17, 15) is 18.0 Å². The van der Waals surface area contributed by atoms with Crippen molar-refractivity contribution in [3.05, 3.63) is 65.7 Å². The van der Waals surface area contributed by atoms with Gasteiger partial charge in [-0.3, -0.25) is 8.98 Å². The van der Waals surface area contributed by atoms with Crippen LogP contribution in [0.15, 0.2) is 59.5 Å². The molecule has 0 aromatic heterocycles. The van der Waals surface area contributed by atoms with E-state index in [1.165, 1.54) is 17.0 Å². The third kappa shape index (κ3) is 7.30. The van der Waals surface area contributed by atoms with E-state index in [0.717, 1.165) is 11.1 Å². The Morgan fingerprint density at radius 1 is 1.06 bits per heavy atom. The van der Waals surface area contributed by atoms with E-state index in [1.54, 1.807) is 39.8 Å². The second-order valence-corrected chi connectivity index (χ2v) is 11.7. The van der Waals surface area contributed by atoms with Crippen LogP contribution >= 0.6 is 0 Å². The molecule has 0 N–H and O–H groups in total. The fourth-order valence-corrected chi connectivity index (χ4v) is 5.23. The Kier molecular flexibility index (Phi) is 8.79. The Hall–Kier alpha value is -2.91. The molecule has 9 heteroatoms. The molecule has 3 atom stereocenters. The number of carbonyl (C=O) groups excluding carboxylic acids is 2. The molecule has 1 heterocycles. The van der Waals surface area contributed by atoms with Crippen LogP contribution < -0.4 is 0 Å². The van der Waals surface area contributed by atoms with Crippen molar-refractivity contribution in [1.82, 2.24) is 4.90 Å². The van der Waals surface area contributed by atoms with Crippen LogP contribution in [0.4, 0.5) is 4.79 Å². The average molecular weight is 518 g/mol. The number of benzene rings is 2. The number of rotatable bonds is 8. The molecule has 2 aromatic rings. The first-order valence-corrected chi connectivity index (χ1v) is 13.5. The van der Waals surface area contributed by atoms with Crippen molar-refractivity contribution in [3.63, 3.8) is 0 Å². The molecule has 8 nitrogen and oxygen atoms in total. The highest BCUT2D eigenvalue weighted by Gasteiger charge is 2.44. The Labute approximate surface area is 213 Å². The number of hydrogen-bond acceptors (Lipinski definition) is 7. The molecule has 0 aliphatic carbocycles. The molecule has 0 spiro atoms. The molecule has 0 saturated carbocycles. The second kappa shape index (κ2) is 11.4. The second-order valence-electron chi connectivity index (χ2n) is 10.1. The smallest absolute Gasteiger partial charge is 0.410 e. The molecule has 36 heavy (non-hydrogen) atoms. The van der Waals surface area contributed by atoms with E-state index in [4.69, 9.17) is 13.7 Å². The number of likely N-dealkylation sites (tertiary alicyclic amines) is 1. The lowest BCUT2D eigenvalue weighted by Crippen LogP contribution is -2.50. The van der Waals surface area contributed by atoms with Crippen LogP contribution in [0.2, 0.25) is 0 Å². The van der Waals surface area contributed by atoms with Gasteiger partial charge < -0.3 is 14.4 Å². The molecule has 2 aromatic carbocycles. The SMILES string of the molecule is Cc1ccc(S(=O)(=O)O[C@H]([C@@H](C)C(=O)OCc2ccccc2)[C@@H]2CCCN2C(=O)OC(C)(C)C)cc1. The fourth-order valence-electron chi connectivity index (χ4n) is 4.06. The first-order chi connectivity index (χ1) is 16.9. The van der Waals surface area contributed by atoms with Gasteiger partial charge in [0.05, 0.1) is 16.9 Å². The minimum absolute atomic E-state index is 0.0234. The summed E-state index contributed by atoms with van der Waals surface area (Å²) in [5, 5.41) is 0. The van der Waals surface area contributed by atoms with E-state index in [0.29, 0.717) is 19.4 Å². The Morgan fingerprint density at radius 2 is 1.69 bits per heavy atom. The highest BCUT2D eigenvalue weighted by atomic mass is 32.2. The van der Waals surface area contributed by atoms with Crippen molar-refractivity contribution >= 4 is 22.2 Å². The van der Waals surface area contributed by atoms with Crippen molar-refractivity contribution in [2.24, 2.45) is 5.92 Å². The van der Waals surface area contributed by atoms with Crippen LogP contribution in [-0.4, -0.2) is 49.7 Å². The van der Waals surface area contributed by atoms with Crippen molar-refractivity contribution in [2.75, 3.05) is 6.54 Å². The predicted molar refractivity (Wildman–Crippen MR) is 135 cm³/mol. The molecule has 0 radical (unpaired) electrons. The van der Waals surface area contributed by atoms with Gasteiger partial charge in [-0.25, -0.2) is 4.79 Å². The predicted octanol–water partition coefficient (Wildman–Crippen LogP) is 4.85. The highest BCUT2D eigenvalue weighted by molar-refractivity contribution is 7.86. The van der Waals surface area contributed by atoms with Gasteiger partial charge in [-0.2, -0.15) is 8.42 Å². The summed E-state index contributed by atoms with van der Waals surface area (Å²) in [6.07, 6.45) is -0.644. The number of esters is 1. The number of carbonyl (C=O) groups is 2. The van der Waals surface area contributed by atoms with Crippen LogP contribution in [0.1, 0.15) is 51.7 Å². The van der Waals surface area contributed by atoms with E-state index < -0.39 is 45.8 Å². The summed E-state index contributed by atoms with van der Waals surface area (Å²) in [6.45, 7) is 9.11. The topological polar surface area (TPSA) is 99.2 Å². The standard InChI is InChI=1S/C27H35NO7S/c1-19-13-15-22(16-14-19)36(31,32)35-24(20(2)25(29)33-18-21-10-7-6-8-11-21)23-12-9-17-28(23)26(30)34-27(3,4)5/h6-8,10-11,13-16,20,23-24H,9,12,17-18H2,1-5H3/t20-,23+,24-/m1/s1. The summed E-state index contributed by atoms with van der Waals surface area (Å²) in [5.74, 6) is -1.58. The van der Waals surface area contributed by atoms with E-state index in [2.05, 4.69) is 0 Å². The monoisotopic (exact) mass is 517 g/mol. The number of amides is 1. The van der Waals surface area contributed by atoms with Gasteiger partial charge in [0.2, 0.25) is 0 Å². The quantitative estimate of drug-likeness (QED) is 0.365. The lowest BCUT2D eigenvalue weighted by molar-refractivity contribution is -0.153. The van der Waals surface area contributed by atoms with Crippen molar-refractivity contribution < 1.29 is 31.7 Å². The third-order valence-electron chi connectivity index (χ3n) is 5.94. The van der Waals surface area contributed by atoms with Gasteiger partial charge in [-0.15, -0.1) is 0 Å². The molecule has 0 unspecified atom stereocenters. The van der Waals surface area contributed by atoms with Gasteiger partial charge >= 0.3 is 12.1 Å². The van der Waals surface area contributed by atoms with Gasteiger partial charge in [-0.05, 0) is 65.2 Å². The van der Waals surface area contributed by atoms with E-state index in [-0.39, 0.29) is 11.5 Å². The van der Waals surface area contributed by atoms with Gasteiger partial charge in [0.25, 0.3) is 10.1 Å². The molecule has 1 aliphatic rings. The van der Waals surface area contributed by atoms with Gasteiger partial charge in [0.15, 0.2) is 0 Å². The highest BCUT2D eigenvalue weighted by Crippen LogP contribution is 2.31. The third-order valence-corrected chi connectivity index (χ3v) is 7.27. The zero-order chi connectivity index (χ0) is 26.5. The molecular formula is C27H35NO7S. The molecule has 0 bridgehead atoms. The van der Waals surface area contributed by atoms with Crippen molar-refractivity contribution in [3.8, 4) is 0 Å². The summed E-state index contributed by atoms with van der Waals surface area (Å²) in [7, 11) is -4.23. The summed E-state index contributed by atoms with van der Waals surface area (Å²) in [4.78, 5) is 27.4. The van der Waals surface area contributed by atoms with Gasteiger partial charge in [0.1, 0.15) is 18.3 Å². The Bertz CT molecular complexity index is 1140. The maximum atomic E-state index is 13.2. The first-order valence-electron chi connectivity index (χ1n) is 12.1. The molecule has 1 amide bonds. The van der Waals surface area contributed by atoms with Crippen LogP contribution in [-0.2, 0) is 35.2 Å². The molecule has 3 rings (SSSR count). The molecular weight excluding hydrogens is 482 g/mol. The number of aryl methyl sites for hydroxylation is 1. The number of nitrogens with zero attached hydrogens (tertiary/aromatic N) is 1. The van der Waals surface area contributed by atoms with Crippen LogP contribution in [0.25, 0.3) is 0 Å².